The number of nitrogens with one attached hydrogen (secondary N) is 4. The number of unbranched alkanes of at least 4 members (excludes halogenated alkanes) is 2. The van der Waals surface area contributed by atoms with Crippen molar-refractivity contribution in [3.8, 4) is 22.3 Å². The molecule has 16 heteroatoms. The molecule has 3 aromatic carbocycles. The second-order valence-corrected chi connectivity index (χ2v) is 22.1. The first-order valence-corrected chi connectivity index (χ1v) is 25.0. The first-order chi connectivity index (χ1) is 32.6. The van der Waals surface area contributed by atoms with E-state index in [-0.39, 0.29) is 60.9 Å². The smallest absolute Gasteiger partial charge is 0.251 e. The Morgan fingerprint density at radius 1 is 0.986 bits per heavy atom. The normalized spacial score (nSPS) is 19.8. The highest BCUT2D eigenvalue weighted by atomic mass is 35.5. The standard InChI is InChI=1S/C53H68ClN7O7S/c1-32(2)43-44(69-31-58-43)34-15-13-33(14-16-34)28-57-47(65)41-25-38(62)29-61(41)48(66)45(51(3,4)5)59-42(63)30-67-24-12-10-11-23-56-37-20-17-35(18-21-37)46(64)60-49-52(6,7)50(53(49,8)9)68-39-22-19-36(27-55)40(54)26-39/h13-22,26,31-32,38,41,45,49-50,56,62H,10-12,23-25,28-30H2,1-9H3,(H,57,65)(H,59,63)(H,60,64)/t38-,41+,45?,49?,50?/m1/s1. The molecule has 2 heterocycles. The third-order valence-corrected chi connectivity index (χ3v) is 14.4. The van der Waals surface area contributed by atoms with Gasteiger partial charge in [0.15, 0.2) is 0 Å². The van der Waals surface area contributed by atoms with Crippen LogP contribution in [-0.4, -0.2) is 95.3 Å². The lowest BCUT2D eigenvalue weighted by molar-refractivity contribution is -0.164. The summed E-state index contributed by atoms with van der Waals surface area (Å²) in [5, 5.41) is 32.6. The van der Waals surface area contributed by atoms with E-state index < -0.39 is 35.4 Å². The van der Waals surface area contributed by atoms with Crippen molar-refractivity contribution >= 4 is 52.3 Å². The number of ether oxygens (including phenoxy) is 2. The fourth-order valence-corrected chi connectivity index (χ4v) is 10.9. The first kappa shape index (κ1) is 52.8. The van der Waals surface area contributed by atoms with E-state index in [0.717, 1.165) is 46.6 Å². The van der Waals surface area contributed by atoms with Crippen molar-refractivity contribution in [2.24, 2.45) is 16.2 Å². The van der Waals surface area contributed by atoms with Crippen LogP contribution in [0.2, 0.25) is 5.02 Å². The van der Waals surface area contributed by atoms with Gasteiger partial charge in [0, 0.05) is 66.9 Å². The molecule has 1 saturated heterocycles. The van der Waals surface area contributed by atoms with Gasteiger partial charge in [0.25, 0.3) is 5.91 Å². The molecule has 4 amide bonds. The second kappa shape index (κ2) is 22.5. The maximum atomic E-state index is 14.0. The summed E-state index contributed by atoms with van der Waals surface area (Å²) in [5.41, 5.74) is 5.27. The largest absolute Gasteiger partial charge is 0.489 e. The highest BCUT2D eigenvalue weighted by Gasteiger charge is 2.64. The Labute approximate surface area is 415 Å². The van der Waals surface area contributed by atoms with Gasteiger partial charge in [-0.1, -0.05) is 98.2 Å². The van der Waals surface area contributed by atoms with Gasteiger partial charge in [-0.15, -0.1) is 11.3 Å². The van der Waals surface area contributed by atoms with E-state index in [4.69, 9.17) is 21.1 Å². The molecule has 6 rings (SSSR count). The number of aliphatic hydroxyl groups is 1. The minimum absolute atomic E-state index is 0.00907. The zero-order valence-corrected chi connectivity index (χ0v) is 42.9. The number of anilines is 1. The fourth-order valence-electron chi connectivity index (χ4n) is 9.74. The maximum absolute atomic E-state index is 14.0. The summed E-state index contributed by atoms with van der Waals surface area (Å²) >= 11 is 7.84. The number of amides is 4. The Kier molecular flexibility index (Phi) is 17.2. The summed E-state index contributed by atoms with van der Waals surface area (Å²) in [7, 11) is 0. The number of benzene rings is 3. The van der Waals surface area contributed by atoms with Crippen molar-refractivity contribution in [3.05, 3.63) is 99.6 Å². The molecule has 370 valence electrons. The lowest BCUT2D eigenvalue weighted by atomic mass is 9.49. The number of nitriles is 1. The number of carbonyl (C=O) groups is 4. The fraction of sp³-hybridized carbons (Fsp3) is 0.509. The molecule has 1 aromatic heterocycles. The molecule has 1 aliphatic heterocycles. The molecule has 0 bridgehead atoms. The predicted octanol–water partition coefficient (Wildman–Crippen LogP) is 8.48. The first-order valence-electron chi connectivity index (χ1n) is 23.8. The minimum Gasteiger partial charge on any atom is -0.489 e. The van der Waals surface area contributed by atoms with Gasteiger partial charge in [-0.2, -0.15) is 5.26 Å². The van der Waals surface area contributed by atoms with Gasteiger partial charge in [-0.05, 0) is 78.1 Å². The van der Waals surface area contributed by atoms with Gasteiger partial charge in [-0.3, -0.25) is 19.2 Å². The van der Waals surface area contributed by atoms with Gasteiger partial charge >= 0.3 is 0 Å². The molecule has 1 aliphatic carbocycles. The monoisotopic (exact) mass is 981 g/mol. The number of β-amino-alcohol motifs (C(OH)–C–C–N with tert-alkyl or cyclic N) is 1. The molecule has 2 fully saturated rings. The molecule has 0 spiro atoms. The Bertz CT molecular complexity index is 2460. The number of halogens is 1. The zero-order valence-electron chi connectivity index (χ0n) is 41.3. The van der Waals surface area contributed by atoms with Gasteiger partial charge in [0.05, 0.1) is 32.8 Å². The molecule has 4 aromatic rings. The zero-order chi connectivity index (χ0) is 50.3. The average molecular weight is 983 g/mol. The Balaban J connectivity index is 0.882. The number of thiazole rings is 1. The Morgan fingerprint density at radius 3 is 2.32 bits per heavy atom. The van der Waals surface area contributed by atoms with Crippen LogP contribution < -0.4 is 26.0 Å². The number of hydrogen-bond acceptors (Lipinski definition) is 11. The van der Waals surface area contributed by atoms with E-state index >= 15 is 0 Å². The predicted molar refractivity (Wildman–Crippen MR) is 270 cm³/mol. The van der Waals surface area contributed by atoms with E-state index in [1.165, 1.54) is 4.90 Å². The van der Waals surface area contributed by atoms with Crippen LogP contribution in [0.5, 0.6) is 5.75 Å². The number of likely N-dealkylation sites (tertiary alicyclic amines) is 1. The van der Waals surface area contributed by atoms with Crippen molar-refractivity contribution in [2.75, 3.05) is 31.6 Å². The molecular formula is C53H68ClN7O7S. The van der Waals surface area contributed by atoms with E-state index in [1.54, 1.807) is 41.7 Å². The molecule has 14 nitrogen and oxygen atoms in total. The molecule has 1 saturated carbocycles. The molecule has 5 N–H and O–H groups in total. The molecule has 2 aliphatic rings. The van der Waals surface area contributed by atoms with E-state index in [0.29, 0.717) is 41.0 Å². The topological polar surface area (TPSA) is 195 Å². The van der Waals surface area contributed by atoms with Gasteiger partial charge in [0.1, 0.15) is 36.6 Å². The highest BCUT2D eigenvalue weighted by molar-refractivity contribution is 7.13. The summed E-state index contributed by atoms with van der Waals surface area (Å²) in [4.78, 5) is 61.0. The number of rotatable bonds is 20. The van der Waals surface area contributed by atoms with Crippen LogP contribution in [-0.2, 0) is 25.7 Å². The molecule has 69 heavy (non-hydrogen) atoms. The lowest BCUT2D eigenvalue weighted by Gasteiger charge is -2.63. The van der Waals surface area contributed by atoms with Crippen LogP contribution in [0, 0.1) is 27.6 Å². The van der Waals surface area contributed by atoms with Gasteiger partial charge in [-0.25, -0.2) is 4.98 Å². The van der Waals surface area contributed by atoms with Crippen LogP contribution in [0.15, 0.2) is 72.2 Å². The minimum atomic E-state index is -0.948. The van der Waals surface area contributed by atoms with Crippen molar-refractivity contribution in [2.45, 2.75) is 131 Å². The Hall–Kier alpha value is -5.53. The van der Waals surface area contributed by atoms with Crippen LogP contribution in [0.4, 0.5) is 5.69 Å². The van der Waals surface area contributed by atoms with Crippen molar-refractivity contribution < 1.29 is 33.8 Å². The summed E-state index contributed by atoms with van der Waals surface area (Å²) in [5.74, 6) is -0.506. The summed E-state index contributed by atoms with van der Waals surface area (Å²) in [6.07, 6.45) is 1.47. The maximum Gasteiger partial charge on any atom is 0.251 e. The van der Waals surface area contributed by atoms with Crippen LogP contribution in [0.25, 0.3) is 10.4 Å². The summed E-state index contributed by atoms with van der Waals surface area (Å²) in [6, 6.07) is 20.5. The number of carbonyl (C=O) groups excluding carboxylic acids is 4. The molecule has 1 unspecified atom stereocenters. The molecule has 0 radical (unpaired) electrons. The second-order valence-electron chi connectivity index (χ2n) is 20.8. The van der Waals surface area contributed by atoms with Crippen LogP contribution in [0.3, 0.4) is 0 Å². The molecule has 3 atom stereocenters. The quantitative estimate of drug-likeness (QED) is 0.0536. The number of aliphatic hydroxyl groups excluding tert-OH is 1. The number of nitrogens with zero attached hydrogens (tertiary/aromatic N) is 3. The summed E-state index contributed by atoms with van der Waals surface area (Å²) < 4.78 is 12.1. The number of aromatic nitrogens is 1. The van der Waals surface area contributed by atoms with Crippen molar-refractivity contribution in [1.82, 2.24) is 25.8 Å². The van der Waals surface area contributed by atoms with Crippen LogP contribution in [0.1, 0.15) is 121 Å². The average Bonchev–Trinajstić information content (AvgIpc) is 3.96. The van der Waals surface area contributed by atoms with Crippen molar-refractivity contribution in [3.63, 3.8) is 0 Å². The molecular weight excluding hydrogens is 914 g/mol. The summed E-state index contributed by atoms with van der Waals surface area (Å²) in [6.45, 7) is 19.2. The number of hydrogen-bond donors (Lipinski definition) is 5. The van der Waals surface area contributed by atoms with Gasteiger partial charge < -0.3 is 40.7 Å². The third kappa shape index (κ3) is 12.8. The third-order valence-electron chi connectivity index (χ3n) is 13.2. The van der Waals surface area contributed by atoms with E-state index in [9.17, 15) is 29.5 Å². The van der Waals surface area contributed by atoms with Crippen LogP contribution >= 0.6 is 22.9 Å². The van der Waals surface area contributed by atoms with E-state index in [2.05, 4.69) is 73.9 Å². The Morgan fingerprint density at radius 2 is 1.68 bits per heavy atom. The lowest BCUT2D eigenvalue weighted by Crippen LogP contribution is -2.74. The van der Waals surface area contributed by atoms with Crippen molar-refractivity contribution in [1.29, 1.82) is 5.26 Å². The SMILES string of the molecule is CC(C)c1ncsc1-c1ccc(CNC(=O)[C@@H]2C[C@@H](O)CN2C(=O)C(NC(=O)COCCCCCNc2ccc(C(=O)NC3C(C)(C)C(Oc4ccc(C#N)c(Cl)c4)C3(C)C)cc2)C(C)(C)C)cc1. The van der Waals surface area contributed by atoms with Gasteiger partial charge in [0.2, 0.25) is 17.7 Å². The highest BCUT2D eigenvalue weighted by Crippen LogP contribution is 2.55. The van der Waals surface area contributed by atoms with E-state index in [1.807, 2.05) is 62.7 Å².